The van der Waals surface area contributed by atoms with E-state index >= 15 is 0 Å². The summed E-state index contributed by atoms with van der Waals surface area (Å²) in [6, 6.07) is 2.71. The molecule has 154 valence electrons. The summed E-state index contributed by atoms with van der Waals surface area (Å²) in [6.07, 6.45) is 1.32. The van der Waals surface area contributed by atoms with Crippen molar-refractivity contribution in [2.75, 3.05) is 67.8 Å². The highest BCUT2D eigenvalue weighted by atomic mass is 16.6. The Morgan fingerprint density at radius 2 is 1.59 bits per heavy atom. The first-order chi connectivity index (χ1) is 14.2. The maximum absolute atomic E-state index is 10.7. The van der Waals surface area contributed by atoms with Gasteiger partial charge in [-0.05, 0) is 6.07 Å². The Kier molecular flexibility index (Phi) is 5.76. The van der Waals surface area contributed by atoms with Crippen LogP contribution in [-0.2, 0) is 9.47 Å². The Bertz CT molecular complexity index is 840. The van der Waals surface area contributed by atoms with Crippen LogP contribution in [0, 0.1) is 10.1 Å². The standard InChI is InChI=1S/C16H20N8O5/c25-24(26)13-2-1-12(29-13)11-17-21-14-18-15(22-3-7-27-8-4-22)20-16(19-14)23-5-9-28-10-6-23/h1-2,11H,3-10H2,(H,18,19,20,21). The van der Waals surface area contributed by atoms with Crippen molar-refractivity contribution in [3.63, 3.8) is 0 Å². The van der Waals surface area contributed by atoms with Gasteiger partial charge in [-0.2, -0.15) is 20.1 Å². The Morgan fingerprint density at radius 3 is 2.10 bits per heavy atom. The average molecular weight is 404 g/mol. The fourth-order valence-corrected chi connectivity index (χ4v) is 2.88. The highest BCUT2D eigenvalue weighted by Crippen LogP contribution is 2.19. The van der Waals surface area contributed by atoms with Gasteiger partial charge in [0.2, 0.25) is 17.8 Å². The molecule has 1 N–H and O–H groups in total. The smallest absolute Gasteiger partial charge is 0.400 e. The van der Waals surface area contributed by atoms with E-state index in [1.807, 2.05) is 9.80 Å². The van der Waals surface area contributed by atoms with Crippen molar-refractivity contribution >= 4 is 29.9 Å². The number of rotatable bonds is 6. The summed E-state index contributed by atoms with van der Waals surface area (Å²) in [5, 5.41) is 14.7. The molecule has 0 spiro atoms. The monoisotopic (exact) mass is 404 g/mol. The van der Waals surface area contributed by atoms with Crippen molar-refractivity contribution in [2.45, 2.75) is 0 Å². The van der Waals surface area contributed by atoms with Gasteiger partial charge in [0, 0.05) is 26.2 Å². The Balaban J connectivity index is 1.53. The molecule has 2 aromatic heterocycles. The minimum absolute atomic E-state index is 0.236. The molecular weight excluding hydrogens is 384 g/mol. The van der Waals surface area contributed by atoms with Crippen LogP contribution in [0.25, 0.3) is 0 Å². The first kappa shape index (κ1) is 19.0. The second-order valence-corrected chi connectivity index (χ2v) is 6.26. The van der Waals surface area contributed by atoms with E-state index in [1.165, 1.54) is 18.3 Å². The lowest BCUT2D eigenvalue weighted by atomic mass is 10.4. The van der Waals surface area contributed by atoms with E-state index < -0.39 is 4.92 Å². The summed E-state index contributed by atoms with van der Waals surface area (Å²) in [6.45, 7) is 5.17. The van der Waals surface area contributed by atoms with Crippen LogP contribution in [0.5, 0.6) is 0 Å². The van der Waals surface area contributed by atoms with Gasteiger partial charge in [0.05, 0.1) is 38.7 Å². The lowest BCUT2D eigenvalue weighted by Gasteiger charge is -2.30. The molecule has 0 unspecified atom stereocenters. The maximum Gasteiger partial charge on any atom is 0.433 e. The van der Waals surface area contributed by atoms with Gasteiger partial charge in [-0.3, -0.25) is 10.1 Å². The first-order valence-electron chi connectivity index (χ1n) is 9.14. The fraction of sp³-hybridized carbons (Fsp3) is 0.500. The Labute approximate surface area is 165 Å². The number of morpholine rings is 2. The van der Waals surface area contributed by atoms with Crippen molar-refractivity contribution in [3.05, 3.63) is 28.0 Å². The molecule has 0 aromatic carbocycles. The molecule has 4 heterocycles. The van der Waals surface area contributed by atoms with Gasteiger partial charge in [0.15, 0.2) is 5.76 Å². The van der Waals surface area contributed by atoms with Crippen molar-refractivity contribution in [1.29, 1.82) is 0 Å². The van der Waals surface area contributed by atoms with Gasteiger partial charge in [0.25, 0.3) is 0 Å². The molecule has 0 amide bonds. The number of hydrogen-bond donors (Lipinski definition) is 1. The Hall–Kier alpha value is -3.32. The normalized spacial score (nSPS) is 17.7. The van der Waals surface area contributed by atoms with E-state index in [1.54, 1.807) is 0 Å². The zero-order chi connectivity index (χ0) is 20.1. The minimum Gasteiger partial charge on any atom is -0.400 e. The Morgan fingerprint density at radius 1 is 1.00 bits per heavy atom. The van der Waals surface area contributed by atoms with Gasteiger partial charge < -0.3 is 23.7 Å². The molecule has 2 saturated heterocycles. The SMILES string of the molecule is O=[N+]([O-])c1ccc(C=NNc2nc(N3CCOCC3)nc(N3CCOCC3)n2)o1. The minimum atomic E-state index is -0.611. The zero-order valence-electron chi connectivity index (χ0n) is 15.6. The van der Waals surface area contributed by atoms with Gasteiger partial charge in [0.1, 0.15) is 4.92 Å². The predicted octanol–water partition coefficient (Wildman–Crippen LogP) is 0.492. The summed E-state index contributed by atoms with van der Waals surface area (Å²) in [5.41, 5.74) is 2.75. The van der Waals surface area contributed by atoms with Gasteiger partial charge >= 0.3 is 5.88 Å². The van der Waals surface area contributed by atoms with E-state index in [2.05, 4.69) is 25.5 Å². The number of nitro groups is 1. The lowest BCUT2D eigenvalue weighted by Crippen LogP contribution is -2.40. The average Bonchev–Trinajstić information content (AvgIpc) is 3.24. The van der Waals surface area contributed by atoms with E-state index in [0.29, 0.717) is 64.5 Å². The van der Waals surface area contributed by atoms with Crippen molar-refractivity contribution < 1.29 is 18.8 Å². The molecule has 2 aliphatic heterocycles. The molecule has 4 rings (SSSR count). The summed E-state index contributed by atoms with van der Waals surface area (Å²) < 4.78 is 15.8. The molecule has 2 fully saturated rings. The van der Waals surface area contributed by atoms with Crippen LogP contribution in [-0.4, -0.2) is 78.7 Å². The van der Waals surface area contributed by atoms with Gasteiger partial charge in [-0.15, -0.1) is 0 Å². The zero-order valence-corrected chi connectivity index (χ0v) is 15.6. The molecule has 13 heteroatoms. The third-order valence-corrected chi connectivity index (χ3v) is 4.35. The summed E-state index contributed by atoms with van der Waals surface area (Å²) in [5.74, 6) is 1.23. The second-order valence-electron chi connectivity index (χ2n) is 6.26. The van der Waals surface area contributed by atoms with E-state index in [4.69, 9.17) is 13.9 Å². The molecule has 0 atom stereocenters. The number of nitrogens with zero attached hydrogens (tertiary/aromatic N) is 7. The quantitative estimate of drug-likeness (QED) is 0.408. The largest absolute Gasteiger partial charge is 0.433 e. The number of nitrogens with one attached hydrogen (secondary N) is 1. The number of furan rings is 1. The molecule has 29 heavy (non-hydrogen) atoms. The van der Waals surface area contributed by atoms with Crippen LogP contribution in [0.3, 0.4) is 0 Å². The number of ether oxygens (including phenoxy) is 2. The molecule has 0 bridgehead atoms. The fourth-order valence-electron chi connectivity index (χ4n) is 2.88. The molecule has 0 radical (unpaired) electrons. The topological polar surface area (TPSA) is 144 Å². The number of hydrogen-bond acceptors (Lipinski definition) is 12. The third-order valence-electron chi connectivity index (χ3n) is 4.35. The lowest BCUT2D eigenvalue weighted by molar-refractivity contribution is -0.402. The van der Waals surface area contributed by atoms with E-state index in [0.717, 1.165) is 0 Å². The van der Waals surface area contributed by atoms with Gasteiger partial charge in [-0.25, -0.2) is 5.43 Å². The van der Waals surface area contributed by atoms with Crippen LogP contribution in [0.1, 0.15) is 5.76 Å². The van der Waals surface area contributed by atoms with Crippen molar-refractivity contribution in [3.8, 4) is 0 Å². The molecule has 0 aliphatic carbocycles. The predicted molar refractivity (Wildman–Crippen MR) is 102 cm³/mol. The van der Waals surface area contributed by atoms with E-state index in [-0.39, 0.29) is 17.6 Å². The highest BCUT2D eigenvalue weighted by molar-refractivity contribution is 5.76. The number of aromatic nitrogens is 3. The number of anilines is 3. The molecule has 2 aliphatic rings. The molecular formula is C16H20N8O5. The number of hydrazone groups is 1. The summed E-state index contributed by atoms with van der Waals surface area (Å²) in [7, 11) is 0. The second kappa shape index (κ2) is 8.79. The van der Waals surface area contributed by atoms with Crippen LogP contribution in [0.2, 0.25) is 0 Å². The molecule has 2 aromatic rings. The summed E-state index contributed by atoms with van der Waals surface area (Å²) >= 11 is 0. The maximum atomic E-state index is 10.7. The molecule has 13 nitrogen and oxygen atoms in total. The van der Waals surface area contributed by atoms with Crippen molar-refractivity contribution in [1.82, 2.24) is 15.0 Å². The highest BCUT2D eigenvalue weighted by Gasteiger charge is 2.20. The van der Waals surface area contributed by atoms with Crippen LogP contribution in [0.15, 0.2) is 21.7 Å². The van der Waals surface area contributed by atoms with Crippen LogP contribution in [0.4, 0.5) is 23.7 Å². The molecule has 0 saturated carbocycles. The van der Waals surface area contributed by atoms with Gasteiger partial charge in [-0.1, -0.05) is 0 Å². The van der Waals surface area contributed by atoms with Crippen LogP contribution >= 0.6 is 0 Å². The van der Waals surface area contributed by atoms with Crippen molar-refractivity contribution in [2.24, 2.45) is 5.10 Å². The summed E-state index contributed by atoms with van der Waals surface area (Å²) in [4.78, 5) is 27.6. The first-order valence-corrected chi connectivity index (χ1v) is 9.14. The van der Waals surface area contributed by atoms with Crippen LogP contribution < -0.4 is 15.2 Å². The van der Waals surface area contributed by atoms with E-state index in [9.17, 15) is 10.1 Å². The third kappa shape index (κ3) is 4.75.